The molecule has 0 aromatic carbocycles. The van der Waals surface area contributed by atoms with Crippen LogP contribution in [0.5, 0.6) is 5.88 Å². The van der Waals surface area contributed by atoms with Crippen LogP contribution in [-0.2, 0) is 4.79 Å². The molecule has 1 aromatic heterocycles. The average Bonchev–Trinajstić information content (AvgIpc) is 2.93. The Labute approximate surface area is 129 Å². The zero-order valence-electron chi connectivity index (χ0n) is 12.0. The predicted octanol–water partition coefficient (Wildman–Crippen LogP) is 2.01. The lowest BCUT2D eigenvalue weighted by molar-refractivity contribution is -0.154. The maximum absolute atomic E-state index is 12.1. The van der Waals surface area contributed by atoms with Crippen LogP contribution in [0.15, 0.2) is 18.3 Å². The molecule has 9 heteroatoms. The Morgan fingerprint density at radius 2 is 2.13 bits per heavy atom. The number of carboxylic acid groups (broad SMARTS) is 1. The van der Waals surface area contributed by atoms with E-state index in [4.69, 9.17) is 5.11 Å². The van der Waals surface area contributed by atoms with Gasteiger partial charge in [0, 0.05) is 23.9 Å². The third-order valence-electron chi connectivity index (χ3n) is 3.53. The molecule has 2 atom stereocenters. The normalized spacial score (nSPS) is 21.0. The zero-order valence-corrected chi connectivity index (χ0v) is 12.0. The Balaban J connectivity index is 2.01. The summed E-state index contributed by atoms with van der Waals surface area (Å²) in [5, 5.41) is 11.7. The minimum atomic E-state index is -4.50. The summed E-state index contributed by atoms with van der Waals surface area (Å²) < 4.78 is 40.8. The molecule has 1 aliphatic rings. The van der Waals surface area contributed by atoms with Gasteiger partial charge in [-0.1, -0.05) is 6.42 Å². The first-order chi connectivity index (χ1) is 10.8. The minimum Gasteiger partial charge on any atom is -0.481 e. The van der Waals surface area contributed by atoms with Gasteiger partial charge >= 0.3 is 12.1 Å². The maximum atomic E-state index is 12.1. The van der Waals surface area contributed by atoms with Crippen LogP contribution in [0.1, 0.15) is 29.6 Å². The van der Waals surface area contributed by atoms with Crippen molar-refractivity contribution in [2.75, 3.05) is 6.61 Å². The number of carboxylic acids is 1. The molecule has 0 unspecified atom stereocenters. The number of aliphatic carboxylic acids is 1. The standard InChI is InChI=1S/C14H15F3N2O4/c15-14(16,17)7-23-11-6-8(4-5-18-11)12(20)19-10-3-1-2-9(10)13(21)22/h4-6,9-10H,1-3,7H2,(H,19,20)(H,21,22)/t9-,10+/m1/s1. The molecule has 1 amide bonds. The summed E-state index contributed by atoms with van der Waals surface area (Å²) in [5.74, 6) is -2.52. The van der Waals surface area contributed by atoms with Gasteiger partial charge in [0.2, 0.25) is 5.88 Å². The van der Waals surface area contributed by atoms with E-state index >= 15 is 0 Å². The fourth-order valence-corrected chi connectivity index (χ4v) is 2.47. The van der Waals surface area contributed by atoms with Crippen molar-refractivity contribution in [1.29, 1.82) is 0 Å². The number of amides is 1. The number of rotatable bonds is 5. The number of aromatic nitrogens is 1. The zero-order chi connectivity index (χ0) is 17.0. The van der Waals surface area contributed by atoms with Crippen LogP contribution < -0.4 is 10.1 Å². The Morgan fingerprint density at radius 3 is 2.78 bits per heavy atom. The molecule has 1 heterocycles. The molecule has 0 bridgehead atoms. The van der Waals surface area contributed by atoms with Gasteiger partial charge in [-0.2, -0.15) is 13.2 Å². The van der Waals surface area contributed by atoms with E-state index in [1.54, 1.807) is 0 Å². The molecule has 1 fully saturated rings. The Kier molecular flexibility index (Phi) is 5.07. The second-order valence-corrected chi connectivity index (χ2v) is 5.24. The van der Waals surface area contributed by atoms with Crippen LogP contribution in [0.2, 0.25) is 0 Å². The molecule has 1 aliphatic carbocycles. The molecule has 1 aromatic rings. The second kappa shape index (κ2) is 6.84. The Hall–Kier alpha value is -2.32. The number of hydrogen-bond acceptors (Lipinski definition) is 4. The second-order valence-electron chi connectivity index (χ2n) is 5.24. The SMILES string of the molecule is O=C(N[C@H]1CCC[C@H]1C(=O)O)c1ccnc(OCC(F)(F)F)c1. The first kappa shape index (κ1) is 17.0. The van der Waals surface area contributed by atoms with Crippen LogP contribution in [0.4, 0.5) is 13.2 Å². The highest BCUT2D eigenvalue weighted by atomic mass is 19.4. The monoisotopic (exact) mass is 332 g/mol. The van der Waals surface area contributed by atoms with Crippen molar-refractivity contribution < 1.29 is 32.6 Å². The number of carbonyl (C=O) groups excluding carboxylic acids is 1. The minimum absolute atomic E-state index is 0.0632. The first-order valence-corrected chi connectivity index (χ1v) is 6.95. The number of pyridine rings is 1. The van der Waals surface area contributed by atoms with Gasteiger partial charge in [0.25, 0.3) is 5.91 Å². The summed E-state index contributed by atoms with van der Waals surface area (Å²) in [6.07, 6.45) is -1.62. The van der Waals surface area contributed by atoms with Gasteiger partial charge in [0.15, 0.2) is 6.61 Å². The van der Waals surface area contributed by atoms with Crippen molar-refractivity contribution in [2.24, 2.45) is 5.92 Å². The molecule has 2 N–H and O–H groups in total. The van der Waals surface area contributed by atoms with Gasteiger partial charge < -0.3 is 15.2 Å². The van der Waals surface area contributed by atoms with Crippen molar-refractivity contribution in [1.82, 2.24) is 10.3 Å². The lowest BCUT2D eigenvalue weighted by Gasteiger charge is -2.17. The highest BCUT2D eigenvalue weighted by Gasteiger charge is 2.34. The number of ether oxygens (including phenoxy) is 1. The number of carbonyl (C=O) groups is 2. The van der Waals surface area contributed by atoms with Gasteiger partial charge in [0.05, 0.1) is 5.92 Å². The predicted molar refractivity (Wildman–Crippen MR) is 72.0 cm³/mol. The van der Waals surface area contributed by atoms with Crippen LogP contribution in [0, 0.1) is 5.92 Å². The number of nitrogens with one attached hydrogen (secondary N) is 1. The van der Waals surface area contributed by atoms with Crippen molar-refractivity contribution in [2.45, 2.75) is 31.5 Å². The average molecular weight is 332 g/mol. The fourth-order valence-electron chi connectivity index (χ4n) is 2.47. The van der Waals surface area contributed by atoms with Gasteiger partial charge in [0.1, 0.15) is 0 Å². The van der Waals surface area contributed by atoms with E-state index in [0.29, 0.717) is 19.3 Å². The van der Waals surface area contributed by atoms with Crippen molar-refractivity contribution in [3.63, 3.8) is 0 Å². The molecule has 0 aliphatic heterocycles. The van der Waals surface area contributed by atoms with Crippen LogP contribution >= 0.6 is 0 Å². The highest BCUT2D eigenvalue weighted by molar-refractivity contribution is 5.94. The van der Waals surface area contributed by atoms with E-state index in [-0.39, 0.29) is 11.4 Å². The van der Waals surface area contributed by atoms with E-state index in [0.717, 1.165) is 12.3 Å². The third kappa shape index (κ3) is 4.83. The molecule has 2 rings (SSSR count). The topological polar surface area (TPSA) is 88.5 Å². The maximum Gasteiger partial charge on any atom is 0.422 e. The summed E-state index contributed by atoms with van der Waals surface area (Å²) in [4.78, 5) is 26.8. The number of halogens is 3. The van der Waals surface area contributed by atoms with E-state index < -0.39 is 36.6 Å². The molecular weight excluding hydrogens is 317 g/mol. The highest BCUT2D eigenvalue weighted by Crippen LogP contribution is 2.26. The molecular formula is C14H15F3N2O4. The quantitative estimate of drug-likeness (QED) is 0.861. The van der Waals surface area contributed by atoms with Gasteiger partial charge in [-0.3, -0.25) is 9.59 Å². The summed E-state index contributed by atoms with van der Waals surface area (Å²) in [6.45, 7) is -1.51. The molecule has 0 spiro atoms. The molecule has 0 radical (unpaired) electrons. The third-order valence-corrected chi connectivity index (χ3v) is 3.53. The van der Waals surface area contributed by atoms with Crippen molar-refractivity contribution in [3.8, 4) is 5.88 Å². The molecule has 1 saturated carbocycles. The summed E-state index contributed by atoms with van der Waals surface area (Å²) in [7, 11) is 0. The fraction of sp³-hybridized carbons (Fsp3) is 0.500. The van der Waals surface area contributed by atoms with Crippen molar-refractivity contribution >= 4 is 11.9 Å². The summed E-state index contributed by atoms with van der Waals surface area (Å²) >= 11 is 0. The van der Waals surface area contributed by atoms with Crippen molar-refractivity contribution in [3.05, 3.63) is 23.9 Å². The summed E-state index contributed by atoms with van der Waals surface area (Å²) in [6, 6.07) is 1.92. The molecule has 0 saturated heterocycles. The number of hydrogen-bond donors (Lipinski definition) is 2. The molecule has 126 valence electrons. The van der Waals surface area contributed by atoms with E-state index in [9.17, 15) is 22.8 Å². The first-order valence-electron chi connectivity index (χ1n) is 6.95. The summed E-state index contributed by atoms with van der Waals surface area (Å²) in [5.41, 5.74) is 0.0632. The largest absolute Gasteiger partial charge is 0.481 e. The smallest absolute Gasteiger partial charge is 0.422 e. The number of alkyl halides is 3. The van der Waals surface area contributed by atoms with Crippen LogP contribution in [0.25, 0.3) is 0 Å². The Bertz CT molecular complexity index is 592. The van der Waals surface area contributed by atoms with E-state index in [1.807, 2.05) is 0 Å². The number of nitrogens with zero attached hydrogens (tertiary/aromatic N) is 1. The van der Waals surface area contributed by atoms with E-state index in [1.165, 1.54) is 6.07 Å². The van der Waals surface area contributed by atoms with Gasteiger partial charge in [-0.05, 0) is 18.9 Å². The molecule has 6 nitrogen and oxygen atoms in total. The lowest BCUT2D eigenvalue weighted by Crippen LogP contribution is -2.40. The van der Waals surface area contributed by atoms with Crippen LogP contribution in [-0.4, -0.2) is 40.8 Å². The van der Waals surface area contributed by atoms with E-state index in [2.05, 4.69) is 15.0 Å². The Morgan fingerprint density at radius 1 is 1.39 bits per heavy atom. The lowest BCUT2D eigenvalue weighted by atomic mass is 10.0. The van der Waals surface area contributed by atoms with Crippen LogP contribution in [0.3, 0.4) is 0 Å². The van der Waals surface area contributed by atoms with Gasteiger partial charge in [-0.15, -0.1) is 0 Å². The van der Waals surface area contributed by atoms with Gasteiger partial charge in [-0.25, -0.2) is 4.98 Å². The molecule has 23 heavy (non-hydrogen) atoms.